The van der Waals surface area contributed by atoms with Crippen LogP contribution in [0.1, 0.15) is 5.56 Å². The molecule has 0 bridgehead atoms. The Morgan fingerprint density at radius 2 is 1.77 bits per heavy atom. The minimum atomic E-state index is -4.65. The van der Waals surface area contributed by atoms with Crippen LogP contribution in [0.25, 0.3) is 0 Å². The van der Waals surface area contributed by atoms with Gasteiger partial charge in [0.2, 0.25) is 0 Å². The number of benzene rings is 1. The van der Waals surface area contributed by atoms with Gasteiger partial charge < -0.3 is 0 Å². The molecular formula is C7H2BrF4I. The van der Waals surface area contributed by atoms with Crippen LogP contribution in [0.5, 0.6) is 0 Å². The van der Waals surface area contributed by atoms with Gasteiger partial charge in [0.15, 0.2) is 5.82 Å². The predicted octanol–water partition coefficient (Wildman–Crippen LogP) is 4.21. The summed E-state index contributed by atoms with van der Waals surface area (Å²) in [6.45, 7) is 0. The minimum absolute atomic E-state index is 0.147. The summed E-state index contributed by atoms with van der Waals surface area (Å²) >= 11 is 4.14. The summed E-state index contributed by atoms with van der Waals surface area (Å²) in [5, 5.41) is 0. The molecule has 1 aromatic carbocycles. The number of hydrogen-bond donors (Lipinski definition) is 0. The van der Waals surface area contributed by atoms with Crippen LogP contribution in [0, 0.1) is 9.39 Å². The van der Waals surface area contributed by atoms with Crippen molar-refractivity contribution in [2.24, 2.45) is 0 Å². The van der Waals surface area contributed by atoms with Crippen LogP contribution < -0.4 is 0 Å². The van der Waals surface area contributed by atoms with Gasteiger partial charge >= 0.3 is 6.18 Å². The maximum atomic E-state index is 13.0. The Kier molecular flexibility index (Phi) is 3.21. The molecule has 0 saturated carbocycles. The van der Waals surface area contributed by atoms with Gasteiger partial charge in [-0.05, 0) is 50.7 Å². The smallest absolute Gasteiger partial charge is 0.205 e. The first-order chi connectivity index (χ1) is 5.84. The molecule has 0 amide bonds. The van der Waals surface area contributed by atoms with Crippen LogP contribution >= 0.6 is 38.5 Å². The maximum Gasteiger partial charge on any atom is 0.420 e. The molecular weight excluding hydrogens is 367 g/mol. The molecule has 0 nitrogen and oxygen atoms in total. The third kappa shape index (κ3) is 2.34. The van der Waals surface area contributed by atoms with E-state index < -0.39 is 17.6 Å². The van der Waals surface area contributed by atoms with Gasteiger partial charge in [-0.1, -0.05) is 0 Å². The SMILES string of the molecule is Fc1c(Br)ccc(I)c1C(F)(F)F. The van der Waals surface area contributed by atoms with E-state index in [-0.39, 0.29) is 8.04 Å². The molecule has 0 aliphatic carbocycles. The van der Waals surface area contributed by atoms with E-state index in [1.807, 2.05) is 0 Å². The highest BCUT2D eigenvalue weighted by atomic mass is 127. The van der Waals surface area contributed by atoms with Crippen molar-refractivity contribution in [3.8, 4) is 0 Å². The van der Waals surface area contributed by atoms with Crippen LogP contribution in [0.3, 0.4) is 0 Å². The quantitative estimate of drug-likeness (QED) is 0.365. The lowest BCUT2D eigenvalue weighted by Crippen LogP contribution is -2.10. The summed E-state index contributed by atoms with van der Waals surface area (Å²) in [5.74, 6) is -1.26. The fourth-order valence-corrected chi connectivity index (χ4v) is 1.84. The van der Waals surface area contributed by atoms with Crippen LogP contribution in [0.4, 0.5) is 17.6 Å². The molecule has 1 rings (SSSR count). The summed E-state index contributed by atoms with van der Waals surface area (Å²) in [4.78, 5) is 0. The highest BCUT2D eigenvalue weighted by Crippen LogP contribution is 2.37. The Morgan fingerprint density at radius 1 is 1.23 bits per heavy atom. The van der Waals surface area contributed by atoms with E-state index in [0.29, 0.717) is 0 Å². The van der Waals surface area contributed by atoms with E-state index >= 15 is 0 Å². The van der Waals surface area contributed by atoms with Gasteiger partial charge in [-0.15, -0.1) is 0 Å². The summed E-state index contributed by atoms with van der Waals surface area (Å²) in [7, 11) is 0. The second-order valence-corrected chi connectivity index (χ2v) is 4.23. The molecule has 0 aromatic heterocycles. The topological polar surface area (TPSA) is 0 Å². The van der Waals surface area contributed by atoms with Gasteiger partial charge in [-0.2, -0.15) is 13.2 Å². The van der Waals surface area contributed by atoms with E-state index in [2.05, 4.69) is 15.9 Å². The summed E-state index contributed by atoms with van der Waals surface area (Å²) < 4.78 is 49.3. The van der Waals surface area contributed by atoms with Crippen molar-refractivity contribution in [2.45, 2.75) is 6.18 Å². The third-order valence-corrected chi connectivity index (χ3v) is 2.84. The molecule has 0 aliphatic heterocycles. The molecule has 0 spiro atoms. The molecule has 0 heterocycles. The first-order valence-corrected chi connectivity index (χ1v) is 4.92. The van der Waals surface area contributed by atoms with Crippen LogP contribution in [0.2, 0.25) is 0 Å². The zero-order valence-corrected chi connectivity index (χ0v) is 9.67. The standard InChI is InChI=1S/C7H2BrF4I/c8-3-1-2-4(13)5(6(3)9)7(10,11)12/h1-2H. The number of rotatable bonds is 0. The fraction of sp³-hybridized carbons (Fsp3) is 0.143. The highest BCUT2D eigenvalue weighted by Gasteiger charge is 2.37. The van der Waals surface area contributed by atoms with E-state index in [9.17, 15) is 17.6 Å². The molecule has 0 aliphatic rings. The Bertz CT molecular complexity index is 334. The van der Waals surface area contributed by atoms with Crippen molar-refractivity contribution in [3.05, 3.63) is 31.6 Å². The second kappa shape index (κ2) is 3.72. The van der Waals surface area contributed by atoms with Gasteiger partial charge in [0.1, 0.15) is 5.56 Å². The second-order valence-electron chi connectivity index (χ2n) is 2.22. The molecule has 72 valence electrons. The zero-order valence-electron chi connectivity index (χ0n) is 5.92. The van der Waals surface area contributed by atoms with Gasteiger partial charge in [0, 0.05) is 3.57 Å². The maximum absolute atomic E-state index is 13.0. The number of alkyl halides is 3. The molecule has 1 aromatic rings. The van der Waals surface area contributed by atoms with E-state index in [1.165, 1.54) is 34.7 Å². The summed E-state index contributed by atoms with van der Waals surface area (Å²) in [5.41, 5.74) is -1.22. The first kappa shape index (κ1) is 11.2. The summed E-state index contributed by atoms with van der Waals surface area (Å²) in [6, 6.07) is 2.45. The van der Waals surface area contributed by atoms with Crippen molar-refractivity contribution >= 4 is 38.5 Å². The Hall–Kier alpha value is 0.150. The monoisotopic (exact) mass is 368 g/mol. The third-order valence-electron chi connectivity index (χ3n) is 1.33. The molecule has 0 fully saturated rings. The lowest BCUT2D eigenvalue weighted by Gasteiger charge is -2.10. The normalized spacial score (nSPS) is 11.8. The highest BCUT2D eigenvalue weighted by molar-refractivity contribution is 14.1. The molecule has 0 atom stereocenters. The molecule has 0 radical (unpaired) electrons. The Labute approximate surface area is 93.6 Å². The van der Waals surface area contributed by atoms with Gasteiger partial charge in [-0.25, -0.2) is 4.39 Å². The van der Waals surface area contributed by atoms with Gasteiger partial charge in [0.25, 0.3) is 0 Å². The molecule has 0 saturated heterocycles. The average molecular weight is 369 g/mol. The van der Waals surface area contributed by atoms with Crippen molar-refractivity contribution in [1.82, 2.24) is 0 Å². The predicted molar refractivity (Wildman–Crippen MR) is 51.8 cm³/mol. The zero-order chi connectivity index (χ0) is 10.2. The number of hydrogen-bond acceptors (Lipinski definition) is 0. The average Bonchev–Trinajstić information content (AvgIpc) is 1.95. The van der Waals surface area contributed by atoms with Crippen molar-refractivity contribution in [1.29, 1.82) is 0 Å². The van der Waals surface area contributed by atoms with Crippen LogP contribution in [-0.4, -0.2) is 0 Å². The molecule has 0 unspecified atom stereocenters. The molecule has 0 N–H and O–H groups in total. The van der Waals surface area contributed by atoms with Crippen molar-refractivity contribution < 1.29 is 17.6 Å². The van der Waals surface area contributed by atoms with Crippen molar-refractivity contribution in [3.63, 3.8) is 0 Å². The first-order valence-electron chi connectivity index (χ1n) is 3.04. The van der Waals surface area contributed by atoms with Crippen LogP contribution in [-0.2, 0) is 6.18 Å². The van der Waals surface area contributed by atoms with E-state index in [0.717, 1.165) is 0 Å². The Morgan fingerprint density at radius 3 is 2.15 bits per heavy atom. The largest absolute Gasteiger partial charge is 0.420 e. The Balaban J connectivity index is 3.43. The fourth-order valence-electron chi connectivity index (χ4n) is 0.787. The lowest BCUT2D eigenvalue weighted by molar-refractivity contribution is -0.140. The minimum Gasteiger partial charge on any atom is -0.205 e. The van der Waals surface area contributed by atoms with Crippen LogP contribution in [0.15, 0.2) is 16.6 Å². The lowest BCUT2D eigenvalue weighted by atomic mass is 10.2. The molecule has 13 heavy (non-hydrogen) atoms. The number of halogens is 6. The van der Waals surface area contributed by atoms with Gasteiger partial charge in [0.05, 0.1) is 4.47 Å². The van der Waals surface area contributed by atoms with E-state index in [1.54, 1.807) is 0 Å². The van der Waals surface area contributed by atoms with E-state index in [4.69, 9.17) is 0 Å². The summed E-state index contributed by atoms with van der Waals surface area (Å²) in [6.07, 6.45) is -4.65. The van der Waals surface area contributed by atoms with Crippen molar-refractivity contribution in [2.75, 3.05) is 0 Å². The molecule has 6 heteroatoms. The van der Waals surface area contributed by atoms with Gasteiger partial charge in [-0.3, -0.25) is 0 Å².